The van der Waals surface area contributed by atoms with Crippen LogP contribution in [0, 0.1) is 0 Å². The van der Waals surface area contributed by atoms with Crippen molar-refractivity contribution in [2.45, 2.75) is 31.7 Å². The molecule has 0 saturated heterocycles. The summed E-state index contributed by atoms with van der Waals surface area (Å²) in [6.07, 6.45) is 2.38. The highest BCUT2D eigenvalue weighted by Gasteiger charge is 2.25. The molecule has 0 heterocycles. The number of halogens is 3. The van der Waals surface area contributed by atoms with Crippen molar-refractivity contribution in [3.05, 3.63) is 60.9 Å². The molecule has 0 saturated carbocycles. The van der Waals surface area contributed by atoms with Crippen LogP contribution in [0.25, 0.3) is 0 Å². The Morgan fingerprint density at radius 1 is 0.952 bits per heavy atom. The Labute approximate surface area is 150 Å². The predicted octanol–water partition coefficient (Wildman–Crippen LogP) is 7.02. The van der Waals surface area contributed by atoms with Gasteiger partial charge in [-0.2, -0.15) is 0 Å². The van der Waals surface area contributed by atoms with Gasteiger partial charge < -0.3 is 5.32 Å². The van der Waals surface area contributed by atoms with Gasteiger partial charge in [-0.25, -0.2) is 0 Å². The first-order valence-corrected chi connectivity index (χ1v) is 9.44. The molecule has 2 aromatic rings. The van der Waals surface area contributed by atoms with E-state index in [0.717, 1.165) is 25.5 Å². The third kappa shape index (κ3) is 3.22. The summed E-state index contributed by atoms with van der Waals surface area (Å²) in [5, 5.41) is 3.71. The van der Waals surface area contributed by atoms with Crippen molar-refractivity contribution in [1.82, 2.24) is 0 Å². The summed E-state index contributed by atoms with van der Waals surface area (Å²) in [5.41, 5.74) is 4.02. The van der Waals surface area contributed by atoms with Crippen molar-refractivity contribution in [2.24, 2.45) is 0 Å². The largest absolute Gasteiger partial charge is 0.376 e. The summed E-state index contributed by atoms with van der Waals surface area (Å²) < 4.78 is 3.20. The van der Waals surface area contributed by atoms with E-state index < -0.39 is 0 Å². The highest BCUT2D eigenvalue weighted by atomic mass is 79.9. The number of benzene rings is 2. The first-order valence-electron chi connectivity index (χ1n) is 7.06. The Bertz CT molecular complexity index is 646. The van der Waals surface area contributed by atoms with Crippen LogP contribution in [-0.2, 0) is 0 Å². The molecule has 4 heteroatoms. The second-order valence-corrected chi connectivity index (χ2v) is 8.17. The second-order valence-electron chi connectivity index (χ2n) is 5.55. The SMILES string of the molecule is CC1CCC(Nc2c(Br)cc(Br)cc2Br)c2ccccc21. The quantitative estimate of drug-likeness (QED) is 0.494. The molecule has 0 radical (unpaired) electrons. The maximum absolute atomic E-state index is 3.71. The lowest BCUT2D eigenvalue weighted by atomic mass is 9.81. The lowest BCUT2D eigenvalue weighted by Crippen LogP contribution is -2.19. The molecule has 0 aromatic heterocycles. The summed E-state index contributed by atoms with van der Waals surface area (Å²) in [6.45, 7) is 2.32. The second kappa shape index (κ2) is 6.43. The van der Waals surface area contributed by atoms with Crippen molar-refractivity contribution in [3.63, 3.8) is 0 Å². The van der Waals surface area contributed by atoms with Gasteiger partial charge in [0.2, 0.25) is 0 Å². The van der Waals surface area contributed by atoms with Crippen LogP contribution in [0.15, 0.2) is 49.8 Å². The molecule has 1 N–H and O–H groups in total. The Balaban J connectivity index is 1.95. The van der Waals surface area contributed by atoms with Crippen LogP contribution in [0.1, 0.15) is 42.9 Å². The number of fused-ring (bicyclic) bond motifs is 1. The number of nitrogens with one attached hydrogen (secondary N) is 1. The summed E-state index contributed by atoms with van der Waals surface area (Å²) in [4.78, 5) is 0. The van der Waals surface area contributed by atoms with E-state index in [9.17, 15) is 0 Å². The van der Waals surface area contributed by atoms with E-state index in [4.69, 9.17) is 0 Å². The molecule has 0 aliphatic heterocycles. The van der Waals surface area contributed by atoms with Gasteiger partial charge in [0.1, 0.15) is 0 Å². The fourth-order valence-corrected chi connectivity index (χ4v) is 5.50. The molecule has 1 aliphatic carbocycles. The Hall–Kier alpha value is -0.320. The average Bonchev–Trinajstić information content (AvgIpc) is 2.45. The minimum Gasteiger partial charge on any atom is -0.376 e. The van der Waals surface area contributed by atoms with Gasteiger partial charge in [0.25, 0.3) is 0 Å². The smallest absolute Gasteiger partial charge is 0.0634 e. The molecule has 0 spiro atoms. The van der Waals surface area contributed by atoms with Gasteiger partial charge in [-0.1, -0.05) is 47.1 Å². The molecular formula is C17H16Br3N. The van der Waals surface area contributed by atoms with E-state index in [1.807, 2.05) is 0 Å². The van der Waals surface area contributed by atoms with E-state index in [2.05, 4.69) is 96.4 Å². The van der Waals surface area contributed by atoms with E-state index in [1.165, 1.54) is 17.5 Å². The number of anilines is 1. The first-order chi connectivity index (χ1) is 10.1. The van der Waals surface area contributed by atoms with Gasteiger partial charge in [-0.15, -0.1) is 0 Å². The van der Waals surface area contributed by atoms with Gasteiger partial charge in [-0.3, -0.25) is 0 Å². The zero-order valence-electron chi connectivity index (χ0n) is 11.7. The monoisotopic (exact) mass is 471 g/mol. The van der Waals surface area contributed by atoms with Crippen molar-refractivity contribution in [2.75, 3.05) is 5.32 Å². The van der Waals surface area contributed by atoms with Gasteiger partial charge in [0, 0.05) is 13.4 Å². The number of hydrogen-bond acceptors (Lipinski definition) is 1. The molecule has 0 amide bonds. The minimum atomic E-state index is 0.367. The zero-order chi connectivity index (χ0) is 15.0. The molecule has 21 heavy (non-hydrogen) atoms. The lowest BCUT2D eigenvalue weighted by Gasteiger charge is -2.31. The maximum Gasteiger partial charge on any atom is 0.0634 e. The highest BCUT2D eigenvalue weighted by molar-refractivity contribution is 9.11. The molecular weight excluding hydrogens is 458 g/mol. The summed E-state index contributed by atoms with van der Waals surface area (Å²) >= 11 is 10.8. The maximum atomic E-state index is 3.71. The van der Waals surface area contributed by atoms with Gasteiger partial charge >= 0.3 is 0 Å². The van der Waals surface area contributed by atoms with Crippen molar-refractivity contribution < 1.29 is 0 Å². The van der Waals surface area contributed by atoms with Crippen LogP contribution in [-0.4, -0.2) is 0 Å². The van der Waals surface area contributed by atoms with Gasteiger partial charge in [0.15, 0.2) is 0 Å². The van der Waals surface area contributed by atoms with Crippen LogP contribution in [0.4, 0.5) is 5.69 Å². The molecule has 2 aromatic carbocycles. The van der Waals surface area contributed by atoms with Crippen molar-refractivity contribution in [3.8, 4) is 0 Å². The standard InChI is InChI=1S/C17H16Br3N/c1-10-6-7-16(13-5-3-2-4-12(10)13)21-17-14(19)8-11(18)9-15(17)20/h2-5,8-10,16,21H,6-7H2,1H3. The molecule has 2 atom stereocenters. The average molecular weight is 474 g/mol. The van der Waals surface area contributed by atoms with E-state index >= 15 is 0 Å². The van der Waals surface area contributed by atoms with Crippen LogP contribution in [0.2, 0.25) is 0 Å². The fourth-order valence-electron chi connectivity index (χ4n) is 3.01. The van der Waals surface area contributed by atoms with E-state index in [-0.39, 0.29) is 0 Å². The van der Waals surface area contributed by atoms with E-state index in [0.29, 0.717) is 12.0 Å². The Kier molecular flexibility index (Phi) is 4.77. The molecule has 3 rings (SSSR count). The van der Waals surface area contributed by atoms with Crippen LogP contribution >= 0.6 is 47.8 Å². The van der Waals surface area contributed by atoms with Gasteiger partial charge in [0.05, 0.1) is 11.7 Å². The Morgan fingerprint density at radius 2 is 1.57 bits per heavy atom. The number of rotatable bonds is 2. The lowest BCUT2D eigenvalue weighted by molar-refractivity contribution is 0.534. The number of hydrogen-bond donors (Lipinski definition) is 1. The first kappa shape index (κ1) is 15.6. The Morgan fingerprint density at radius 3 is 2.24 bits per heavy atom. The van der Waals surface area contributed by atoms with Crippen LogP contribution in [0.3, 0.4) is 0 Å². The molecule has 0 bridgehead atoms. The summed E-state index contributed by atoms with van der Waals surface area (Å²) in [5.74, 6) is 0.649. The van der Waals surface area contributed by atoms with E-state index in [1.54, 1.807) is 0 Å². The van der Waals surface area contributed by atoms with Crippen molar-refractivity contribution >= 4 is 53.5 Å². The summed E-state index contributed by atoms with van der Waals surface area (Å²) in [7, 11) is 0. The molecule has 1 aliphatic rings. The third-order valence-corrected chi connectivity index (χ3v) is 5.82. The molecule has 1 nitrogen and oxygen atoms in total. The molecule has 110 valence electrons. The normalized spacial score (nSPS) is 21.0. The van der Waals surface area contributed by atoms with Crippen molar-refractivity contribution in [1.29, 1.82) is 0 Å². The highest BCUT2D eigenvalue weighted by Crippen LogP contribution is 2.42. The topological polar surface area (TPSA) is 12.0 Å². The molecule has 0 fully saturated rings. The summed E-state index contributed by atoms with van der Waals surface area (Å²) in [6, 6.07) is 13.3. The van der Waals surface area contributed by atoms with Crippen LogP contribution < -0.4 is 5.32 Å². The zero-order valence-corrected chi connectivity index (χ0v) is 16.4. The fraction of sp³-hybridized carbons (Fsp3) is 0.294. The van der Waals surface area contributed by atoms with Gasteiger partial charge in [-0.05, 0) is 73.9 Å². The minimum absolute atomic E-state index is 0.367. The predicted molar refractivity (Wildman–Crippen MR) is 100.0 cm³/mol. The molecule has 2 unspecified atom stereocenters. The third-order valence-electron chi connectivity index (χ3n) is 4.12. The van der Waals surface area contributed by atoms with Crippen LogP contribution in [0.5, 0.6) is 0 Å².